The van der Waals surface area contributed by atoms with Gasteiger partial charge >= 0.3 is 392 Å². The monoisotopic (exact) mass is 802 g/mol. The molecule has 0 atom stereocenters. The standard InChI is InChI=1S/17Mg.20H2O.34H/h;;;;;;;;;;;;;;;;;20*1H2;;;;;;;;;;;;;;;;;;;;;;;;;;;;;;;;;;/q17*+2;;;;;;;;;;;;;;;;;;;;;34*-1. The molecule has 228 valence electrons. The van der Waals surface area contributed by atoms with Crippen LogP contribution in [0.3, 0.4) is 0 Å². The van der Waals surface area contributed by atoms with E-state index in [1.54, 1.807) is 0 Å². The van der Waals surface area contributed by atoms with E-state index < -0.39 is 0 Å². The molecule has 0 saturated carbocycles. The Balaban J connectivity index is 0. The molecule has 0 fully saturated rings. The van der Waals surface area contributed by atoms with Gasteiger partial charge in [-0.05, 0) is 0 Å². The Hall–Kier alpha value is 12.2. The summed E-state index contributed by atoms with van der Waals surface area (Å²) >= 11 is 0. The molecular weight excluding hydrogens is 733 g/mol. The van der Waals surface area contributed by atoms with E-state index in [0.717, 1.165) is 0 Å². The van der Waals surface area contributed by atoms with Gasteiger partial charge in [-0.3, -0.25) is 0 Å². The Morgan fingerprint density at radius 3 is 0.0811 bits per heavy atom. The van der Waals surface area contributed by atoms with Gasteiger partial charge in [0.15, 0.2) is 0 Å². The van der Waals surface area contributed by atoms with Crippen molar-refractivity contribution in [1.29, 1.82) is 0 Å². The fourth-order valence-electron chi connectivity index (χ4n) is 0. The van der Waals surface area contributed by atoms with Crippen LogP contribution in [0.25, 0.3) is 0 Å². The van der Waals surface area contributed by atoms with E-state index in [4.69, 9.17) is 0 Å². The van der Waals surface area contributed by atoms with Crippen molar-refractivity contribution in [2.75, 3.05) is 0 Å². The summed E-state index contributed by atoms with van der Waals surface area (Å²) < 4.78 is 0. The summed E-state index contributed by atoms with van der Waals surface area (Å²) in [6, 6.07) is 0. The zero-order valence-electron chi connectivity index (χ0n) is 56.0. The first-order valence-electron chi connectivity index (χ1n) is 0. The maximum Gasteiger partial charge on any atom is 2.00 e. The van der Waals surface area contributed by atoms with Crippen LogP contribution >= 0.6 is 0 Å². The summed E-state index contributed by atoms with van der Waals surface area (Å²) in [4.78, 5) is 0. The summed E-state index contributed by atoms with van der Waals surface area (Å²) in [6.07, 6.45) is 0. The molecule has 0 heterocycles. The Kier molecular flexibility index (Phi) is 14900. The zero-order chi connectivity index (χ0) is 0. The third-order valence-electron chi connectivity index (χ3n) is 0. The van der Waals surface area contributed by atoms with Crippen molar-refractivity contribution in [3.05, 3.63) is 0 Å². The predicted octanol–water partition coefficient (Wildman–Crippen LogP) is -19.1. The molecule has 0 aromatic heterocycles. The molecule has 0 amide bonds. The minimum atomic E-state index is 0. The van der Waals surface area contributed by atoms with Crippen LogP contribution in [-0.4, -0.2) is 501 Å². The third-order valence-corrected chi connectivity index (χ3v) is 0. The minimum absolute atomic E-state index is 0. The van der Waals surface area contributed by atoms with Gasteiger partial charge in [0.25, 0.3) is 0 Å². The molecular formula is H74Mg17O20. The first-order valence-corrected chi connectivity index (χ1v) is 0. The number of rotatable bonds is 0. The van der Waals surface area contributed by atoms with Gasteiger partial charge in [0.2, 0.25) is 0 Å². The van der Waals surface area contributed by atoms with Gasteiger partial charge in [-0.25, -0.2) is 0 Å². The van der Waals surface area contributed by atoms with Crippen LogP contribution in [0.1, 0.15) is 48.5 Å². The molecule has 0 rings (SSSR count). The SMILES string of the molecule is O.O.O.O.O.O.O.O.O.O.O.O.O.O.O.O.O.O.O.O.[H-].[H-].[H-].[H-].[H-].[H-].[H-].[H-].[H-].[H-].[H-].[H-].[H-].[H-].[H-].[H-].[H-].[H-].[H-].[H-].[H-].[H-].[H-].[H-].[H-].[H-].[H-].[H-].[H-].[H-].[H-].[H-].[H-].[H-].[Mg+2].[Mg+2].[Mg+2].[Mg+2].[Mg+2].[Mg+2].[Mg+2].[Mg+2].[Mg+2].[Mg+2].[Mg+2].[Mg+2].[Mg+2].[Mg+2].[Mg+2].[Mg+2].[Mg+2]. The second-order valence-electron chi connectivity index (χ2n) is 0. The van der Waals surface area contributed by atoms with Crippen molar-refractivity contribution < 1.29 is 158 Å². The summed E-state index contributed by atoms with van der Waals surface area (Å²) in [6.45, 7) is 0. The van der Waals surface area contributed by atoms with E-state index in [9.17, 15) is 0 Å². The molecule has 0 bridgehead atoms. The van der Waals surface area contributed by atoms with E-state index in [-0.39, 0.29) is 550 Å². The average molecular weight is 808 g/mol. The van der Waals surface area contributed by atoms with Gasteiger partial charge in [-0.2, -0.15) is 0 Å². The molecule has 0 aromatic carbocycles. The van der Waals surface area contributed by atoms with Gasteiger partial charge in [0.05, 0.1) is 0 Å². The number of hydrogen-bond donors (Lipinski definition) is 0. The van der Waals surface area contributed by atoms with Crippen LogP contribution < -0.4 is 0 Å². The molecule has 40 N–H and O–H groups in total. The van der Waals surface area contributed by atoms with Crippen molar-refractivity contribution >= 4 is 392 Å². The first kappa shape index (κ1) is 766. The molecule has 0 radical (unpaired) electrons. The predicted molar refractivity (Wildman–Crippen MR) is 208 cm³/mol. The maximum absolute atomic E-state index is 0. The van der Waals surface area contributed by atoms with Crippen LogP contribution in [0.2, 0.25) is 0 Å². The van der Waals surface area contributed by atoms with Crippen molar-refractivity contribution in [2.45, 2.75) is 0 Å². The third kappa shape index (κ3) is 689. The van der Waals surface area contributed by atoms with Gasteiger partial charge in [-0.1, -0.05) is 0 Å². The van der Waals surface area contributed by atoms with Crippen molar-refractivity contribution in [1.82, 2.24) is 0 Å². The van der Waals surface area contributed by atoms with Gasteiger partial charge < -0.3 is 158 Å². The molecule has 0 aliphatic carbocycles. The quantitative estimate of drug-likeness (QED) is 0.206. The summed E-state index contributed by atoms with van der Waals surface area (Å²) in [5, 5.41) is 0. The molecule has 0 unspecified atom stereocenters. The Bertz CT molecular complexity index is 108. The molecule has 0 aromatic rings. The summed E-state index contributed by atoms with van der Waals surface area (Å²) in [5.74, 6) is 0. The Morgan fingerprint density at radius 1 is 0.0811 bits per heavy atom. The molecule has 0 spiro atoms. The fraction of sp³-hybridized carbons (Fsp3) is 0. The smallest absolute Gasteiger partial charge is 1.00 e. The number of hydrogen-bond acceptors (Lipinski definition) is 0. The fourth-order valence-corrected chi connectivity index (χ4v) is 0. The molecule has 37 heteroatoms. The normalized spacial score (nSPS) is 0. The van der Waals surface area contributed by atoms with E-state index in [2.05, 4.69) is 0 Å². The van der Waals surface area contributed by atoms with E-state index in [0.29, 0.717) is 0 Å². The van der Waals surface area contributed by atoms with E-state index in [1.165, 1.54) is 0 Å². The minimum Gasteiger partial charge on any atom is -1.00 e. The van der Waals surface area contributed by atoms with Crippen molar-refractivity contribution in [2.24, 2.45) is 0 Å². The molecule has 37 heavy (non-hydrogen) atoms. The van der Waals surface area contributed by atoms with E-state index in [1.807, 2.05) is 0 Å². The topological polar surface area (TPSA) is 630 Å². The molecule has 0 aliphatic rings. The van der Waals surface area contributed by atoms with Crippen molar-refractivity contribution in [3.63, 3.8) is 0 Å². The average Bonchev–Trinajstić information content (AvgIpc) is 0. The second kappa shape index (κ2) is 720. The van der Waals surface area contributed by atoms with Crippen LogP contribution in [0.5, 0.6) is 0 Å². The summed E-state index contributed by atoms with van der Waals surface area (Å²) in [5.41, 5.74) is 0. The van der Waals surface area contributed by atoms with Crippen LogP contribution in [0.4, 0.5) is 0 Å². The van der Waals surface area contributed by atoms with Crippen LogP contribution in [-0.2, 0) is 0 Å². The van der Waals surface area contributed by atoms with Crippen LogP contribution in [0.15, 0.2) is 0 Å². The Labute approximate surface area is 540 Å². The first-order chi connectivity index (χ1) is 0. The van der Waals surface area contributed by atoms with Gasteiger partial charge in [0.1, 0.15) is 0 Å². The van der Waals surface area contributed by atoms with E-state index >= 15 is 0 Å². The Morgan fingerprint density at radius 2 is 0.0811 bits per heavy atom. The van der Waals surface area contributed by atoms with Gasteiger partial charge in [0, 0.05) is 0 Å². The van der Waals surface area contributed by atoms with Crippen LogP contribution in [0, 0.1) is 0 Å². The molecule has 0 saturated heterocycles. The zero-order valence-corrected chi connectivity index (χ0v) is 46.1. The van der Waals surface area contributed by atoms with Crippen molar-refractivity contribution in [3.8, 4) is 0 Å². The molecule has 20 nitrogen and oxygen atoms in total. The largest absolute Gasteiger partial charge is 2.00 e. The maximum atomic E-state index is 0. The second-order valence-corrected chi connectivity index (χ2v) is 0. The van der Waals surface area contributed by atoms with Gasteiger partial charge in [-0.15, -0.1) is 0 Å². The molecule has 0 aliphatic heterocycles. The summed E-state index contributed by atoms with van der Waals surface area (Å²) in [7, 11) is 0.